The van der Waals surface area contributed by atoms with Crippen LogP contribution in [0.2, 0.25) is 0 Å². The molecule has 120 valence electrons. The van der Waals surface area contributed by atoms with Gasteiger partial charge in [-0.3, -0.25) is 4.21 Å². The summed E-state index contributed by atoms with van der Waals surface area (Å²) in [6.07, 6.45) is 0.216. The van der Waals surface area contributed by atoms with Crippen LogP contribution in [-0.2, 0) is 20.6 Å². The van der Waals surface area contributed by atoms with Gasteiger partial charge >= 0.3 is 0 Å². The SMILES string of the molecule is CC(C)S(=O)(=O)CCC[S@@](=O)[C@@H](C)c1c(F)cccc1F. The second kappa shape index (κ2) is 7.45. The Kier molecular flexibility index (Phi) is 6.46. The second-order valence-electron chi connectivity index (χ2n) is 5.13. The maximum Gasteiger partial charge on any atom is 0.152 e. The molecule has 0 fully saturated rings. The van der Waals surface area contributed by atoms with Crippen molar-refractivity contribution in [1.29, 1.82) is 0 Å². The molecule has 0 saturated carbocycles. The van der Waals surface area contributed by atoms with Crippen LogP contribution in [0.5, 0.6) is 0 Å². The number of halogens is 2. The van der Waals surface area contributed by atoms with Crippen molar-refractivity contribution in [1.82, 2.24) is 0 Å². The zero-order chi connectivity index (χ0) is 16.2. The monoisotopic (exact) mass is 338 g/mol. The fourth-order valence-electron chi connectivity index (χ4n) is 1.85. The molecule has 1 aromatic rings. The summed E-state index contributed by atoms with van der Waals surface area (Å²) in [6, 6.07) is 3.49. The minimum atomic E-state index is -3.18. The molecule has 0 N–H and O–H groups in total. The number of benzene rings is 1. The molecule has 3 nitrogen and oxygen atoms in total. The summed E-state index contributed by atoms with van der Waals surface area (Å²) in [7, 11) is -4.71. The normalized spacial score (nSPS) is 15.1. The van der Waals surface area contributed by atoms with Gasteiger partial charge in [0.1, 0.15) is 11.6 Å². The Morgan fingerprint density at radius 1 is 1.14 bits per heavy atom. The lowest BCUT2D eigenvalue weighted by atomic mass is 10.1. The van der Waals surface area contributed by atoms with E-state index in [1.807, 2.05) is 0 Å². The zero-order valence-electron chi connectivity index (χ0n) is 12.3. The van der Waals surface area contributed by atoms with Crippen LogP contribution in [-0.4, -0.2) is 29.4 Å². The van der Waals surface area contributed by atoms with Crippen molar-refractivity contribution in [2.45, 2.75) is 37.7 Å². The molecule has 7 heteroatoms. The number of hydrogen-bond donors (Lipinski definition) is 0. The topological polar surface area (TPSA) is 51.2 Å². The van der Waals surface area contributed by atoms with E-state index in [0.717, 1.165) is 12.1 Å². The number of hydrogen-bond acceptors (Lipinski definition) is 3. The van der Waals surface area contributed by atoms with Crippen LogP contribution in [0.3, 0.4) is 0 Å². The molecule has 0 heterocycles. The summed E-state index contributed by atoms with van der Waals surface area (Å²) in [6.45, 7) is 4.65. The lowest BCUT2D eigenvalue weighted by molar-refractivity contribution is 0.553. The lowest BCUT2D eigenvalue weighted by Crippen LogP contribution is -2.20. The van der Waals surface area contributed by atoms with E-state index in [0.29, 0.717) is 0 Å². The average Bonchev–Trinajstić information content (AvgIpc) is 2.37. The Hall–Kier alpha value is -0.820. The largest absolute Gasteiger partial charge is 0.259 e. The van der Waals surface area contributed by atoms with E-state index >= 15 is 0 Å². The van der Waals surface area contributed by atoms with Crippen LogP contribution in [0.4, 0.5) is 8.78 Å². The van der Waals surface area contributed by atoms with Crippen molar-refractivity contribution < 1.29 is 21.4 Å². The van der Waals surface area contributed by atoms with E-state index in [1.165, 1.54) is 13.0 Å². The predicted octanol–water partition coefficient (Wildman–Crippen LogP) is 2.99. The Morgan fingerprint density at radius 2 is 1.67 bits per heavy atom. The van der Waals surface area contributed by atoms with Crippen molar-refractivity contribution in [3.8, 4) is 0 Å². The maximum absolute atomic E-state index is 13.6. The summed E-state index contributed by atoms with van der Waals surface area (Å²) < 4.78 is 62.6. The highest BCUT2D eigenvalue weighted by molar-refractivity contribution is 7.92. The van der Waals surface area contributed by atoms with Gasteiger partial charge in [0, 0.05) is 22.1 Å². The first-order chi connectivity index (χ1) is 9.66. The van der Waals surface area contributed by atoms with Gasteiger partial charge < -0.3 is 0 Å². The first kappa shape index (κ1) is 18.2. The molecule has 1 rings (SSSR count). The molecule has 0 aliphatic carbocycles. The van der Waals surface area contributed by atoms with Gasteiger partial charge in [0.05, 0.1) is 16.3 Å². The van der Waals surface area contributed by atoms with Gasteiger partial charge in [-0.05, 0) is 39.3 Å². The van der Waals surface area contributed by atoms with Gasteiger partial charge in [0.25, 0.3) is 0 Å². The first-order valence-corrected chi connectivity index (χ1v) is 9.79. The van der Waals surface area contributed by atoms with E-state index < -0.39 is 42.8 Å². The summed E-state index contributed by atoms with van der Waals surface area (Å²) in [4.78, 5) is 0. The standard InChI is InChI=1S/C14H20F2O3S2/c1-10(2)21(18,19)9-5-8-20(17)11(3)14-12(15)6-4-7-13(14)16/h4,6-7,10-11H,5,8-9H2,1-3H3/t11-,20+/m0/s1. The van der Waals surface area contributed by atoms with Gasteiger partial charge in [0.15, 0.2) is 9.84 Å². The highest BCUT2D eigenvalue weighted by Gasteiger charge is 2.22. The fourth-order valence-corrected chi connectivity index (χ4v) is 4.32. The van der Waals surface area contributed by atoms with Crippen LogP contribution < -0.4 is 0 Å². The van der Waals surface area contributed by atoms with E-state index in [9.17, 15) is 21.4 Å². The maximum atomic E-state index is 13.6. The van der Waals surface area contributed by atoms with Gasteiger partial charge in [-0.25, -0.2) is 17.2 Å². The molecule has 2 atom stereocenters. The molecule has 0 radical (unpaired) electrons. The summed E-state index contributed by atoms with van der Waals surface area (Å²) >= 11 is 0. The average molecular weight is 338 g/mol. The molecule has 0 unspecified atom stereocenters. The second-order valence-corrected chi connectivity index (χ2v) is 9.69. The Morgan fingerprint density at radius 3 is 2.14 bits per heavy atom. The van der Waals surface area contributed by atoms with Crippen LogP contribution in [0, 0.1) is 11.6 Å². The zero-order valence-corrected chi connectivity index (χ0v) is 13.9. The summed E-state index contributed by atoms with van der Waals surface area (Å²) in [5, 5.41) is -1.29. The van der Waals surface area contributed by atoms with E-state index in [1.54, 1.807) is 13.8 Å². The van der Waals surface area contributed by atoms with E-state index in [4.69, 9.17) is 0 Å². The van der Waals surface area contributed by atoms with Crippen LogP contribution >= 0.6 is 0 Å². The number of rotatable bonds is 7. The van der Waals surface area contributed by atoms with Crippen LogP contribution in [0.15, 0.2) is 18.2 Å². The summed E-state index contributed by atoms with van der Waals surface area (Å²) in [5.74, 6) is -1.43. The summed E-state index contributed by atoms with van der Waals surface area (Å²) in [5.41, 5.74) is -0.206. The minimum Gasteiger partial charge on any atom is -0.259 e. The minimum absolute atomic E-state index is 0.0666. The van der Waals surface area contributed by atoms with E-state index in [2.05, 4.69) is 0 Å². The fraction of sp³-hybridized carbons (Fsp3) is 0.571. The van der Waals surface area contributed by atoms with Crippen LogP contribution in [0.1, 0.15) is 38.0 Å². The molecule has 0 aromatic heterocycles. The molecule has 1 aromatic carbocycles. The Bertz CT molecular complexity index is 592. The third-order valence-electron chi connectivity index (χ3n) is 3.29. The molecule has 0 saturated heterocycles. The Balaban J connectivity index is 2.69. The van der Waals surface area contributed by atoms with E-state index in [-0.39, 0.29) is 23.5 Å². The third kappa shape index (κ3) is 4.85. The lowest BCUT2D eigenvalue weighted by Gasteiger charge is -2.14. The molecule has 0 aliphatic rings. The van der Waals surface area contributed by atoms with Crippen LogP contribution in [0.25, 0.3) is 0 Å². The van der Waals surface area contributed by atoms with Crippen molar-refractivity contribution >= 4 is 20.6 Å². The van der Waals surface area contributed by atoms with Gasteiger partial charge in [-0.2, -0.15) is 0 Å². The molecule has 0 aliphatic heterocycles. The highest BCUT2D eigenvalue weighted by Crippen LogP contribution is 2.25. The van der Waals surface area contributed by atoms with Crippen molar-refractivity contribution in [2.24, 2.45) is 0 Å². The van der Waals surface area contributed by atoms with Gasteiger partial charge in [-0.15, -0.1) is 0 Å². The molecular formula is C14H20F2O3S2. The van der Waals surface area contributed by atoms with Crippen molar-refractivity contribution in [3.05, 3.63) is 35.4 Å². The van der Waals surface area contributed by atoms with Gasteiger partial charge in [-0.1, -0.05) is 6.07 Å². The first-order valence-electron chi connectivity index (χ1n) is 6.69. The predicted molar refractivity (Wildman–Crippen MR) is 81.3 cm³/mol. The molecule has 0 amide bonds. The van der Waals surface area contributed by atoms with Gasteiger partial charge in [0.2, 0.25) is 0 Å². The highest BCUT2D eigenvalue weighted by atomic mass is 32.2. The van der Waals surface area contributed by atoms with Crippen molar-refractivity contribution in [3.63, 3.8) is 0 Å². The smallest absolute Gasteiger partial charge is 0.152 e. The molecule has 0 bridgehead atoms. The number of sulfone groups is 1. The molecule has 21 heavy (non-hydrogen) atoms. The quantitative estimate of drug-likeness (QED) is 0.768. The molecular weight excluding hydrogens is 318 g/mol. The molecule has 0 spiro atoms. The third-order valence-corrected chi connectivity index (χ3v) is 7.30. The Labute approximate surface area is 127 Å². The van der Waals surface area contributed by atoms with Crippen molar-refractivity contribution in [2.75, 3.05) is 11.5 Å².